The molecule has 0 spiro atoms. The predicted molar refractivity (Wildman–Crippen MR) is 70.5 cm³/mol. The Bertz CT molecular complexity index is 434. The first kappa shape index (κ1) is 12.9. The molecule has 4 nitrogen and oxygen atoms in total. The van der Waals surface area contributed by atoms with Gasteiger partial charge in [0.2, 0.25) is 5.91 Å². The van der Waals surface area contributed by atoms with Crippen molar-refractivity contribution in [2.45, 2.75) is 39.3 Å². The lowest BCUT2D eigenvalue weighted by molar-refractivity contribution is -0.119. The molecule has 1 aliphatic heterocycles. The molecule has 1 aromatic rings. The van der Waals surface area contributed by atoms with Crippen LogP contribution in [0.2, 0.25) is 0 Å². The summed E-state index contributed by atoms with van der Waals surface area (Å²) in [7, 11) is 0. The van der Waals surface area contributed by atoms with E-state index in [-0.39, 0.29) is 11.9 Å². The highest BCUT2D eigenvalue weighted by molar-refractivity contribution is 5.78. The molecule has 1 atom stereocenters. The van der Waals surface area contributed by atoms with E-state index in [1.807, 2.05) is 26.0 Å². The lowest BCUT2D eigenvalue weighted by Crippen LogP contribution is -2.35. The van der Waals surface area contributed by atoms with Crippen molar-refractivity contribution in [1.29, 1.82) is 0 Å². The molecule has 1 aliphatic rings. The van der Waals surface area contributed by atoms with E-state index in [0.29, 0.717) is 12.2 Å². The van der Waals surface area contributed by atoms with Crippen molar-refractivity contribution in [1.82, 2.24) is 10.6 Å². The van der Waals surface area contributed by atoms with Crippen LogP contribution in [0.25, 0.3) is 0 Å². The van der Waals surface area contributed by atoms with Gasteiger partial charge in [0.15, 0.2) is 0 Å². The number of benzene rings is 1. The zero-order valence-electron chi connectivity index (χ0n) is 10.9. The molecule has 4 heteroatoms. The minimum absolute atomic E-state index is 0.151. The van der Waals surface area contributed by atoms with Gasteiger partial charge in [0.1, 0.15) is 5.75 Å². The minimum Gasteiger partial charge on any atom is -0.507 e. The second-order valence-electron chi connectivity index (χ2n) is 5.01. The number of rotatable bonds is 4. The quantitative estimate of drug-likeness (QED) is 0.754. The summed E-state index contributed by atoms with van der Waals surface area (Å²) in [4.78, 5) is 11.0. The topological polar surface area (TPSA) is 61.4 Å². The van der Waals surface area contributed by atoms with Gasteiger partial charge in [-0.05, 0) is 37.0 Å². The lowest BCUT2D eigenvalue weighted by atomic mass is 10.1. The van der Waals surface area contributed by atoms with Gasteiger partial charge in [0, 0.05) is 25.6 Å². The Morgan fingerprint density at radius 1 is 1.39 bits per heavy atom. The fourth-order valence-electron chi connectivity index (χ4n) is 2.37. The number of hydrogen-bond donors (Lipinski definition) is 3. The number of nitrogens with one attached hydrogen (secondary N) is 2. The van der Waals surface area contributed by atoms with Crippen LogP contribution in [-0.2, 0) is 11.3 Å². The molecule has 1 saturated heterocycles. The molecule has 1 amide bonds. The molecule has 0 saturated carbocycles. The molecule has 1 heterocycles. The summed E-state index contributed by atoms with van der Waals surface area (Å²) in [6.07, 6.45) is 1.56. The van der Waals surface area contributed by atoms with Gasteiger partial charge >= 0.3 is 0 Å². The summed E-state index contributed by atoms with van der Waals surface area (Å²) in [6, 6.07) is 4.24. The zero-order chi connectivity index (χ0) is 13.1. The zero-order valence-corrected chi connectivity index (χ0v) is 10.9. The van der Waals surface area contributed by atoms with Crippen LogP contribution in [-0.4, -0.2) is 23.6 Å². The summed E-state index contributed by atoms with van der Waals surface area (Å²) in [5, 5.41) is 16.0. The normalized spacial score (nSPS) is 19.0. The van der Waals surface area contributed by atoms with Crippen molar-refractivity contribution in [2.24, 2.45) is 0 Å². The second kappa shape index (κ2) is 5.40. The molecule has 3 N–H and O–H groups in total. The average molecular weight is 248 g/mol. The van der Waals surface area contributed by atoms with Gasteiger partial charge in [-0.1, -0.05) is 12.1 Å². The summed E-state index contributed by atoms with van der Waals surface area (Å²) >= 11 is 0. The van der Waals surface area contributed by atoms with E-state index in [4.69, 9.17) is 0 Å². The molecule has 0 bridgehead atoms. The van der Waals surface area contributed by atoms with Crippen LogP contribution in [0, 0.1) is 13.8 Å². The minimum atomic E-state index is 0.151. The van der Waals surface area contributed by atoms with Gasteiger partial charge in [-0.15, -0.1) is 0 Å². The largest absolute Gasteiger partial charge is 0.507 e. The van der Waals surface area contributed by atoms with E-state index in [2.05, 4.69) is 10.6 Å². The Hall–Kier alpha value is -1.55. The molecule has 18 heavy (non-hydrogen) atoms. The predicted octanol–water partition coefficient (Wildman–Crippen LogP) is 1.38. The maximum atomic E-state index is 11.0. The number of amides is 1. The smallest absolute Gasteiger partial charge is 0.220 e. The number of carbonyl (C=O) groups excluding carboxylic acids is 1. The molecule has 1 aromatic carbocycles. The molecule has 0 aromatic heterocycles. The standard InChI is InChI=1S/C14H20N2O2/c1-9-5-11(6-10(2)14(9)18)7-15-8-12-3-4-13(17)16-12/h5-6,12,15,18H,3-4,7-8H2,1-2H3,(H,16,17). The van der Waals surface area contributed by atoms with Crippen molar-refractivity contribution in [3.05, 3.63) is 28.8 Å². The van der Waals surface area contributed by atoms with Crippen LogP contribution in [0.4, 0.5) is 0 Å². The molecule has 2 rings (SSSR count). The Labute approximate surface area is 107 Å². The summed E-state index contributed by atoms with van der Waals surface area (Å²) in [5.74, 6) is 0.528. The molecule has 0 aliphatic carbocycles. The van der Waals surface area contributed by atoms with Gasteiger partial charge < -0.3 is 15.7 Å². The third kappa shape index (κ3) is 3.01. The summed E-state index contributed by atoms with van der Waals surface area (Å²) in [6.45, 7) is 5.37. The van der Waals surface area contributed by atoms with Crippen molar-refractivity contribution in [2.75, 3.05) is 6.54 Å². The Morgan fingerprint density at radius 2 is 2.06 bits per heavy atom. The number of aromatic hydroxyl groups is 1. The number of carbonyl (C=O) groups is 1. The van der Waals surface area contributed by atoms with E-state index >= 15 is 0 Å². The van der Waals surface area contributed by atoms with Crippen LogP contribution in [0.3, 0.4) is 0 Å². The molecule has 1 fully saturated rings. The van der Waals surface area contributed by atoms with Crippen LogP contribution >= 0.6 is 0 Å². The van der Waals surface area contributed by atoms with Gasteiger partial charge in [-0.3, -0.25) is 4.79 Å². The number of phenols is 1. The Balaban J connectivity index is 1.85. The number of phenolic OH excluding ortho intramolecular Hbond substituents is 1. The van der Waals surface area contributed by atoms with E-state index in [0.717, 1.165) is 36.2 Å². The Kier molecular flexibility index (Phi) is 3.87. The molecular weight excluding hydrogens is 228 g/mol. The number of hydrogen-bond acceptors (Lipinski definition) is 3. The maximum absolute atomic E-state index is 11.0. The third-order valence-electron chi connectivity index (χ3n) is 3.36. The molecule has 98 valence electrons. The van der Waals surface area contributed by atoms with E-state index in [9.17, 15) is 9.90 Å². The number of aryl methyl sites for hydroxylation is 2. The van der Waals surface area contributed by atoms with Crippen molar-refractivity contribution >= 4 is 5.91 Å². The van der Waals surface area contributed by atoms with Crippen molar-refractivity contribution in [3.8, 4) is 5.75 Å². The fourth-order valence-corrected chi connectivity index (χ4v) is 2.37. The van der Waals surface area contributed by atoms with Gasteiger partial charge in [-0.2, -0.15) is 0 Å². The lowest BCUT2D eigenvalue weighted by Gasteiger charge is -2.12. The maximum Gasteiger partial charge on any atom is 0.220 e. The SMILES string of the molecule is Cc1cc(CNCC2CCC(=O)N2)cc(C)c1O. The second-order valence-corrected chi connectivity index (χ2v) is 5.01. The van der Waals surface area contributed by atoms with E-state index < -0.39 is 0 Å². The summed E-state index contributed by atoms with van der Waals surface area (Å²) in [5.41, 5.74) is 2.97. The van der Waals surface area contributed by atoms with Crippen LogP contribution in [0.5, 0.6) is 5.75 Å². The molecule has 0 radical (unpaired) electrons. The Morgan fingerprint density at radius 3 is 2.61 bits per heavy atom. The van der Waals surface area contributed by atoms with Crippen LogP contribution in [0.1, 0.15) is 29.5 Å². The van der Waals surface area contributed by atoms with Gasteiger partial charge in [-0.25, -0.2) is 0 Å². The average Bonchev–Trinajstić information content (AvgIpc) is 2.72. The van der Waals surface area contributed by atoms with Crippen LogP contribution in [0.15, 0.2) is 12.1 Å². The summed E-state index contributed by atoms with van der Waals surface area (Å²) < 4.78 is 0. The third-order valence-corrected chi connectivity index (χ3v) is 3.36. The highest BCUT2D eigenvalue weighted by Gasteiger charge is 2.19. The van der Waals surface area contributed by atoms with Gasteiger partial charge in [0.25, 0.3) is 0 Å². The van der Waals surface area contributed by atoms with Gasteiger partial charge in [0.05, 0.1) is 0 Å². The monoisotopic (exact) mass is 248 g/mol. The first-order valence-corrected chi connectivity index (χ1v) is 6.35. The molecular formula is C14H20N2O2. The highest BCUT2D eigenvalue weighted by atomic mass is 16.3. The van der Waals surface area contributed by atoms with E-state index in [1.165, 1.54) is 0 Å². The highest BCUT2D eigenvalue weighted by Crippen LogP contribution is 2.22. The first-order valence-electron chi connectivity index (χ1n) is 6.35. The first-order chi connectivity index (χ1) is 8.56. The van der Waals surface area contributed by atoms with E-state index in [1.54, 1.807) is 0 Å². The van der Waals surface area contributed by atoms with Crippen LogP contribution < -0.4 is 10.6 Å². The fraction of sp³-hybridized carbons (Fsp3) is 0.500. The van der Waals surface area contributed by atoms with Crippen molar-refractivity contribution < 1.29 is 9.90 Å². The van der Waals surface area contributed by atoms with Crippen molar-refractivity contribution in [3.63, 3.8) is 0 Å². The molecule has 1 unspecified atom stereocenters.